The highest BCUT2D eigenvalue weighted by molar-refractivity contribution is 6.12. The van der Waals surface area contributed by atoms with E-state index in [2.05, 4.69) is 5.32 Å². The monoisotopic (exact) mass is 420 g/mol. The van der Waals surface area contributed by atoms with Crippen LogP contribution in [0.5, 0.6) is 5.75 Å². The van der Waals surface area contributed by atoms with Gasteiger partial charge in [0.1, 0.15) is 18.2 Å². The van der Waals surface area contributed by atoms with E-state index >= 15 is 0 Å². The maximum Gasteiger partial charge on any atom is 0.294 e. The lowest BCUT2D eigenvalue weighted by Crippen LogP contribution is -2.44. The van der Waals surface area contributed by atoms with Crippen molar-refractivity contribution in [1.29, 1.82) is 0 Å². The highest BCUT2D eigenvalue weighted by atomic mass is 19.1. The zero-order valence-electron chi connectivity index (χ0n) is 16.3. The number of fused-ring (bicyclic) bond motifs is 1. The minimum absolute atomic E-state index is 0.0247. The van der Waals surface area contributed by atoms with Crippen LogP contribution in [0.4, 0.5) is 14.5 Å². The molecule has 31 heavy (non-hydrogen) atoms. The van der Waals surface area contributed by atoms with Gasteiger partial charge in [-0.15, -0.1) is 0 Å². The second-order valence-corrected chi connectivity index (χ2v) is 6.92. The van der Waals surface area contributed by atoms with Gasteiger partial charge in [0, 0.05) is 6.54 Å². The number of nitrogens with zero attached hydrogens (tertiary/aromatic N) is 1. The standard InChI is InChI=1S/C24H18F2N2O3/c25-18-9-5-16(6-10-18)13-22-24(30)28(20-3-1-2-4-21(20)31-22)15-23(29)27-14-17-7-11-19(26)12-8-17/h1-13H,14-15H2,(H,27,29)/b22-13+. The molecule has 0 aliphatic carbocycles. The van der Waals surface area contributed by atoms with Crippen LogP contribution in [0.3, 0.4) is 0 Å². The maximum atomic E-state index is 13.2. The van der Waals surface area contributed by atoms with E-state index < -0.39 is 5.91 Å². The van der Waals surface area contributed by atoms with Gasteiger partial charge in [0.15, 0.2) is 11.5 Å². The summed E-state index contributed by atoms with van der Waals surface area (Å²) in [5, 5.41) is 2.73. The minimum atomic E-state index is -0.486. The molecule has 5 nitrogen and oxygen atoms in total. The number of para-hydroxylation sites is 2. The molecule has 4 rings (SSSR count). The van der Waals surface area contributed by atoms with Gasteiger partial charge in [-0.3, -0.25) is 14.5 Å². The summed E-state index contributed by atoms with van der Waals surface area (Å²) < 4.78 is 31.9. The second-order valence-electron chi connectivity index (χ2n) is 6.92. The fourth-order valence-electron chi connectivity index (χ4n) is 3.13. The molecular formula is C24H18F2N2O3. The van der Waals surface area contributed by atoms with Crippen LogP contribution in [0, 0.1) is 11.6 Å². The molecule has 1 N–H and O–H groups in total. The maximum absolute atomic E-state index is 13.2. The van der Waals surface area contributed by atoms with Crippen molar-refractivity contribution in [2.45, 2.75) is 6.54 Å². The van der Waals surface area contributed by atoms with Crippen molar-refractivity contribution >= 4 is 23.6 Å². The normalized spacial score (nSPS) is 14.2. The third-order valence-corrected chi connectivity index (χ3v) is 4.70. The summed E-state index contributed by atoms with van der Waals surface area (Å²) in [6.07, 6.45) is 1.50. The molecule has 0 radical (unpaired) electrons. The number of hydrogen-bond acceptors (Lipinski definition) is 3. The van der Waals surface area contributed by atoms with Crippen LogP contribution < -0.4 is 15.0 Å². The van der Waals surface area contributed by atoms with E-state index in [4.69, 9.17) is 4.74 Å². The highest BCUT2D eigenvalue weighted by Gasteiger charge is 2.31. The van der Waals surface area contributed by atoms with E-state index in [9.17, 15) is 18.4 Å². The van der Waals surface area contributed by atoms with E-state index in [1.807, 2.05) is 0 Å². The van der Waals surface area contributed by atoms with Gasteiger partial charge in [0.25, 0.3) is 5.91 Å². The number of anilines is 1. The SMILES string of the molecule is O=C(CN1C(=O)/C(=C\c2ccc(F)cc2)Oc2ccccc21)NCc1ccc(F)cc1. The summed E-state index contributed by atoms with van der Waals surface area (Å²) in [5.74, 6) is -1.15. The van der Waals surface area contributed by atoms with Gasteiger partial charge in [-0.05, 0) is 53.6 Å². The molecule has 0 bridgehead atoms. The van der Waals surface area contributed by atoms with Crippen LogP contribution in [-0.2, 0) is 16.1 Å². The molecular weight excluding hydrogens is 402 g/mol. The first-order valence-electron chi connectivity index (χ1n) is 9.57. The number of amides is 2. The average Bonchev–Trinajstić information content (AvgIpc) is 2.77. The third-order valence-electron chi connectivity index (χ3n) is 4.70. The molecule has 1 aliphatic heterocycles. The van der Waals surface area contributed by atoms with Gasteiger partial charge in [-0.25, -0.2) is 8.78 Å². The zero-order valence-corrected chi connectivity index (χ0v) is 16.3. The molecule has 1 heterocycles. The average molecular weight is 420 g/mol. The Morgan fingerprint density at radius 1 is 0.935 bits per heavy atom. The molecule has 0 aromatic heterocycles. The van der Waals surface area contributed by atoms with Crippen LogP contribution in [0.15, 0.2) is 78.6 Å². The van der Waals surface area contributed by atoms with Crippen LogP contribution in [0.25, 0.3) is 6.08 Å². The van der Waals surface area contributed by atoms with Crippen molar-refractivity contribution < 1.29 is 23.1 Å². The van der Waals surface area contributed by atoms with Gasteiger partial charge in [-0.1, -0.05) is 36.4 Å². The van der Waals surface area contributed by atoms with Gasteiger partial charge >= 0.3 is 0 Å². The Morgan fingerprint density at radius 2 is 1.58 bits per heavy atom. The van der Waals surface area contributed by atoms with Crippen molar-refractivity contribution in [1.82, 2.24) is 5.32 Å². The zero-order chi connectivity index (χ0) is 21.8. The number of carbonyl (C=O) groups excluding carboxylic acids is 2. The van der Waals surface area contributed by atoms with Crippen LogP contribution >= 0.6 is 0 Å². The number of carbonyl (C=O) groups is 2. The van der Waals surface area contributed by atoms with E-state index in [0.717, 1.165) is 5.56 Å². The molecule has 0 saturated carbocycles. The Kier molecular flexibility index (Phi) is 5.75. The molecule has 156 valence electrons. The lowest BCUT2D eigenvalue weighted by Gasteiger charge is -2.30. The Morgan fingerprint density at radius 3 is 2.29 bits per heavy atom. The first kappa shape index (κ1) is 20.3. The second kappa shape index (κ2) is 8.79. The topological polar surface area (TPSA) is 58.6 Å². The summed E-state index contributed by atoms with van der Waals surface area (Å²) in [7, 11) is 0. The summed E-state index contributed by atoms with van der Waals surface area (Å²) in [4.78, 5) is 26.9. The molecule has 0 spiro atoms. The largest absolute Gasteiger partial charge is 0.449 e. The molecule has 3 aromatic rings. The van der Waals surface area contributed by atoms with Crippen molar-refractivity contribution in [3.05, 3.63) is 101 Å². The smallest absolute Gasteiger partial charge is 0.294 e. The first-order chi connectivity index (χ1) is 15.0. The number of ether oxygens (including phenoxy) is 1. The summed E-state index contributed by atoms with van der Waals surface area (Å²) in [6.45, 7) is -0.0152. The lowest BCUT2D eigenvalue weighted by molar-refractivity contribution is -0.123. The number of hydrogen-bond donors (Lipinski definition) is 1. The summed E-state index contributed by atoms with van der Waals surface area (Å²) in [5.41, 5.74) is 1.80. The fraction of sp³-hybridized carbons (Fsp3) is 0.0833. The first-order valence-corrected chi connectivity index (χ1v) is 9.57. The van der Waals surface area contributed by atoms with Gasteiger partial charge in [0.2, 0.25) is 5.91 Å². The Bertz CT molecular complexity index is 1140. The molecule has 1 aliphatic rings. The molecule has 0 fully saturated rings. The molecule has 0 atom stereocenters. The predicted octanol–water partition coefficient (Wildman–Crippen LogP) is 4.05. The Hall–Kier alpha value is -4.00. The Labute approximate surface area is 177 Å². The van der Waals surface area contributed by atoms with Crippen molar-refractivity contribution in [3.8, 4) is 5.75 Å². The Balaban J connectivity index is 1.53. The number of rotatable bonds is 5. The van der Waals surface area contributed by atoms with Crippen LogP contribution in [0.1, 0.15) is 11.1 Å². The molecule has 2 amide bonds. The van der Waals surface area contributed by atoms with E-state index in [1.165, 1.54) is 47.4 Å². The fourth-order valence-corrected chi connectivity index (χ4v) is 3.13. The molecule has 7 heteroatoms. The summed E-state index contributed by atoms with van der Waals surface area (Å²) in [6, 6.07) is 18.3. The molecule has 0 saturated heterocycles. The predicted molar refractivity (Wildman–Crippen MR) is 112 cm³/mol. The third kappa shape index (κ3) is 4.78. The summed E-state index contributed by atoms with van der Waals surface area (Å²) >= 11 is 0. The minimum Gasteiger partial charge on any atom is -0.449 e. The van der Waals surface area contributed by atoms with Crippen LogP contribution in [0.2, 0.25) is 0 Å². The highest BCUT2D eigenvalue weighted by Crippen LogP contribution is 2.35. The van der Waals surface area contributed by atoms with Gasteiger partial charge in [-0.2, -0.15) is 0 Å². The van der Waals surface area contributed by atoms with E-state index in [1.54, 1.807) is 36.4 Å². The van der Waals surface area contributed by atoms with Crippen LogP contribution in [-0.4, -0.2) is 18.4 Å². The van der Waals surface area contributed by atoms with Crippen molar-refractivity contribution in [2.24, 2.45) is 0 Å². The van der Waals surface area contributed by atoms with Crippen molar-refractivity contribution in [3.63, 3.8) is 0 Å². The lowest BCUT2D eigenvalue weighted by atomic mass is 10.1. The molecule has 0 unspecified atom stereocenters. The van der Waals surface area contributed by atoms with Gasteiger partial charge in [0.05, 0.1) is 5.69 Å². The van der Waals surface area contributed by atoms with Crippen molar-refractivity contribution in [2.75, 3.05) is 11.4 Å². The molecule has 3 aromatic carbocycles. The quantitative estimate of drug-likeness (QED) is 0.634. The number of halogens is 2. The van der Waals surface area contributed by atoms with E-state index in [0.29, 0.717) is 17.0 Å². The number of benzene rings is 3. The van der Waals surface area contributed by atoms with Gasteiger partial charge < -0.3 is 10.1 Å². The number of nitrogens with one attached hydrogen (secondary N) is 1. The van der Waals surface area contributed by atoms with E-state index in [-0.39, 0.29) is 36.4 Å².